The zero-order valence-corrected chi connectivity index (χ0v) is 17.3. The predicted molar refractivity (Wildman–Crippen MR) is 113 cm³/mol. The fraction of sp³-hybridized carbons (Fsp3) is 0.200. The van der Waals surface area contributed by atoms with Crippen molar-refractivity contribution in [1.82, 2.24) is 25.6 Å². The van der Waals surface area contributed by atoms with E-state index in [4.69, 9.17) is 21.7 Å². The highest BCUT2D eigenvalue weighted by molar-refractivity contribution is 7.71. The van der Waals surface area contributed by atoms with E-state index in [1.807, 2.05) is 31.2 Å². The van der Waals surface area contributed by atoms with Crippen LogP contribution in [0.25, 0.3) is 11.4 Å². The molecule has 10 heteroatoms. The van der Waals surface area contributed by atoms with Crippen LogP contribution in [0.4, 0.5) is 0 Å². The Morgan fingerprint density at radius 3 is 2.37 bits per heavy atom. The van der Waals surface area contributed by atoms with Gasteiger partial charge in [0.2, 0.25) is 0 Å². The zero-order valence-electron chi connectivity index (χ0n) is 16.5. The molecule has 2 aromatic carbocycles. The highest BCUT2D eigenvalue weighted by Crippen LogP contribution is 2.21. The van der Waals surface area contributed by atoms with E-state index < -0.39 is 11.8 Å². The van der Waals surface area contributed by atoms with Crippen LogP contribution >= 0.6 is 12.2 Å². The van der Waals surface area contributed by atoms with Gasteiger partial charge >= 0.3 is 0 Å². The summed E-state index contributed by atoms with van der Waals surface area (Å²) in [7, 11) is 1.54. The normalized spacial score (nSPS) is 10.3. The molecule has 0 aliphatic heterocycles. The molecule has 0 aliphatic carbocycles. The number of aromatic amines is 1. The highest BCUT2D eigenvalue weighted by Gasteiger charge is 2.14. The lowest BCUT2D eigenvalue weighted by Gasteiger charge is -2.10. The third kappa shape index (κ3) is 5.03. The summed E-state index contributed by atoms with van der Waals surface area (Å²) in [5.74, 6) is 0.961. The standard InChI is InChI=1S/C20H21N5O4S/c1-3-29-16-10-4-13(5-11-16)18-22-24-20(30)25(18)12-17(26)21-23-19(27)14-6-8-15(28-2)9-7-14/h4-11H,3,12H2,1-2H3,(H,21,26)(H,23,27)(H,24,30). The van der Waals surface area contributed by atoms with Crippen molar-refractivity contribution in [3.8, 4) is 22.9 Å². The smallest absolute Gasteiger partial charge is 0.269 e. The summed E-state index contributed by atoms with van der Waals surface area (Å²) in [5.41, 5.74) is 5.90. The molecule has 0 aliphatic rings. The lowest BCUT2D eigenvalue weighted by Crippen LogP contribution is -2.43. The molecule has 156 valence electrons. The first-order valence-corrected chi connectivity index (χ1v) is 9.54. The molecule has 30 heavy (non-hydrogen) atoms. The molecule has 0 saturated carbocycles. The summed E-state index contributed by atoms with van der Waals surface area (Å²) >= 11 is 5.24. The monoisotopic (exact) mass is 427 g/mol. The minimum Gasteiger partial charge on any atom is -0.497 e. The fourth-order valence-electron chi connectivity index (χ4n) is 2.68. The van der Waals surface area contributed by atoms with Crippen molar-refractivity contribution in [3.05, 3.63) is 58.9 Å². The van der Waals surface area contributed by atoms with Gasteiger partial charge in [-0.3, -0.25) is 30.1 Å². The van der Waals surface area contributed by atoms with Crippen molar-refractivity contribution >= 4 is 24.0 Å². The van der Waals surface area contributed by atoms with Gasteiger partial charge < -0.3 is 9.47 Å². The van der Waals surface area contributed by atoms with Crippen LogP contribution < -0.4 is 20.3 Å². The molecular weight excluding hydrogens is 406 g/mol. The molecule has 9 nitrogen and oxygen atoms in total. The third-order valence-corrected chi connectivity index (χ3v) is 4.46. The van der Waals surface area contributed by atoms with Gasteiger partial charge in [0.05, 0.1) is 13.7 Å². The Labute approximate surface area is 178 Å². The number of hydrogen-bond donors (Lipinski definition) is 3. The first-order chi connectivity index (χ1) is 14.5. The number of carbonyl (C=O) groups is 2. The van der Waals surface area contributed by atoms with Gasteiger partial charge in [0.25, 0.3) is 11.8 Å². The number of ether oxygens (including phenoxy) is 2. The molecule has 0 unspecified atom stereocenters. The Morgan fingerprint density at radius 1 is 1.07 bits per heavy atom. The molecule has 2 amide bonds. The molecule has 0 radical (unpaired) electrons. The number of aromatic nitrogens is 3. The van der Waals surface area contributed by atoms with Crippen LogP contribution in [0.5, 0.6) is 11.5 Å². The second-order valence-electron chi connectivity index (χ2n) is 6.13. The number of hydrazine groups is 1. The van der Waals surface area contributed by atoms with Crippen molar-refractivity contribution < 1.29 is 19.1 Å². The maximum atomic E-state index is 12.3. The number of methoxy groups -OCH3 is 1. The van der Waals surface area contributed by atoms with E-state index in [1.165, 1.54) is 7.11 Å². The van der Waals surface area contributed by atoms with Gasteiger partial charge in [0, 0.05) is 11.1 Å². The van der Waals surface area contributed by atoms with Gasteiger partial charge in [-0.15, -0.1) is 0 Å². The lowest BCUT2D eigenvalue weighted by molar-refractivity contribution is -0.122. The van der Waals surface area contributed by atoms with E-state index in [0.29, 0.717) is 23.7 Å². The van der Waals surface area contributed by atoms with Gasteiger partial charge in [-0.1, -0.05) is 0 Å². The van der Waals surface area contributed by atoms with Gasteiger partial charge in [-0.2, -0.15) is 5.10 Å². The number of hydrogen-bond acceptors (Lipinski definition) is 6. The van der Waals surface area contributed by atoms with Crippen LogP contribution in [-0.4, -0.2) is 40.3 Å². The summed E-state index contributed by atoms with van der Waals surface area (Å²) in [4.78, 5) is 24.5. The summed E-state index contributed by atoms with van der Waals surface area (Å²) in [5, 5.41) is 6.89. The summed E-state index contributed by atoms with van der Waals surface area (Å²) in [6, 6.07) is 13.8. The summed E-state index contributed by atoms with van der Waals surface area (Å²) < 4.78 is 12.3. The number of benzene rings is 2. The van der Waals surface area contributed by atoms with Crippen molar-refractivity contribution in [3.63, 3.8) is 0 Å². The lowest BCUT2D eigenvalue weighted by atomic mass is 10.2. The molecule has 0 atom stereocenters. The fourth-order valence-corrected chi connectivity index (χ4v) is 2.87. The van der Waals surface area contributed by atoms with Crippen LogP contribution in [0, 0.1) is 4.77 Å². The molecule has 3 N–H and O–H groups in total. The molecule has 1 aromatic heterocycles. The quantitative estimate of drug-likeness (QED) is 0.395. The van der Waals surface area contributed by atoms with E-state index in [0.717, 1.165) is 11.3 Å². The summed E-state index contributed by atoms with van der Waals surface area (Å²) in [6.45, 7) is 2.35. The van der Waals surface area contributed by atoms with E-state index in [9.17, 15) is 9.59 Å². The largest absolute Gasteiger partial charge is 0.497 e. The third-order valence-electron chi connectivity index (χ3n) is 4.15. The van der Waals surface area contributed by atoms with E-state index in [2.05, 4.69) is 21.0 Å². The van der Waals surface area contributed by atoms with Gasteiger partial charge in [0.1, 0.15) is 18.0 Å². The Balaban J connectivity index is 1.64. The van der Waals surface area contributed by atoms with Gasteiger partial charge in [-0.05, 0) is 67.7 Å². The van der Waals surface area contributed by atoms with Crippen molar-refractivity contribution in [2.75, 3.05) is 13.7 Å². The maximum Gasteiger partial charge on any atom is 0.269 e. The minimum atomic E-state index is -0.457. The average molecular weight is 427 g/mol. The number of carbonyl (C=O) groups excluding carboxylic acids is 2. The van der Waals surface area contributed by atoms with E-state index in [1.54, 1.807) is 28.8 Å². The number of nitrogens with one attached hydrogen (secondary N) is 3. The van der Waals surface area contributed by atoms with Crippen LogP contribution in [0.15, 0.2) is 48.5 Å². The van der Waals surface area contributed by atoms with Crippen molar-refractivity contribution in [1.29, 1.82) is 0 Å². The molecule has 3 rings (SSSR count). The average Bonchev–Trinajstić information content (AvgIpc) is 3.13. The van der Waals surface area contributed by atoms with Gasteiger partial charge in [0.15, 0.2) is 10.6 Å². The van der Waals surface area contributed by atoms with Gasteiger partial charge in [-0.25, -0.2) is 0 Å². The number of rotatable bonds is 7. The first kappa shape index (κ1) is 21.1. The van der Waals surface area contributed by atoms with E-state index in [-0.39, 0.29) is 11.3 Å². The molecule has 3 aromatic rings. The Kier molecular flexibility index (Phi) is 6.81. The maximum absolute atomic E-state index is 12.3. The van der Waals surface area contributed by atoms with Crippen molar-refractivity contribution in [2.24, 2.45) is 0 Å². The second-order valence-corrected chi connectivity index (χ2v) is 6.51. The molecule has 0 fully saturated rings. The van der Waals surface area contributed by atoms with E-state index >= 15 is 0 Å². The Hall–Kier alpha value is -3.66. The molecule has 1 heterocycles. The van der Waals surface area contributed by atoms with Crippen molar-refractivity contribution in [2.45, 2.75) is 13.5 Å². The van der Waals surface area contributed by atoms with Crippen LogP contribution in [0.2, 0.25) is 0 Å². The molecule has 0 saturated heterocycles. The number of H-pyrrole nitrogens is 1. The van der Waals surface area contributed by atoms with Crippen LogP contribution in [-0.2, 0) is 11.3 Å². The number of amides is 2. The minimum absolute atomic E-state index is 0.124. The molecular formula is C20H21N5O4S. The second kappa shape index (κ2) is 9.70. The van der Waals surface area contributed by atoms with Crippen LogP contribution in [0.1, 0.15) is 17.3 Å². The zero-order chi connectivity index (χ0) is 21.5. The first-order valence-electron chi connectivity index (χ1n) is 9.13. The molecule has 0 spiro atoms. The SMILES string of the molecule is CCOc1ccc(-c2n[nH]c(=S)n2CC(=O)NNC(=O)c2ccc(OC)cc2)cc1. The Bertz CT molecular complexity index is 1070. The topological polar surface area (TPSA) is 110 Å². The molecule has 0 bridgehead atoms. The Morgan fingerprint density at radius 2 is 1.73 bits per heavy atom. The van der Waals surface area contributed by atoms with Crippen LogP contribution in [0.3, 0.4) is 0 Å². The highest BCUT2D eigenvalue weighted by atomic mass is 32.1. The number of nitrogens with zero attached hydrogens (tertiary/aromatic N) is 2. The predicted octanol–water partition coefficient (Wildman–Crippen LogP) is 2.48. The summed E-state index contributed by atoms with van der Waals surface area (Å²) in [6.07, 6.45) is 0.